The first kappa shape index (κ1) is 9.68. The quantitative estimate of drug-likeness (QED) is 0.747. The maximum Gasteiger partial charge on any atom is 0.315 e. The molecule has 4 nitrogen and oxygen atoms in total. The molecule has 1 aromatic heterocycles. The van der Waals surface area contributed by atoms with Gasteiger partial charge in [-0.2, -0.15) is 0 Å². The van der Waals surface area contributed by atoms with Crippen LogP contribution in [0.1, 0.15) is 12.2 Å². The number of hydrogen-bond donors (Lipinski definition) is 1. The summed E-state index contributed by atoms with van der Waals surface area (Å²) in [6, 6.07) is 0. The summed E-state index contributed by atoms with van der Waals surface area (Å²) in [5.74, 6) is 4.33. The van der Waals surface area contributed by atoms with Crippen LogP contribution < -0.4 is 0 Å². The maximum atomic E-state index is 10.1. The molecule has 0 spiro atoms. The Kier molecular flexibility index (Phi) is 3.41. The van der Waals surface area contributed by atoms with Crippen molar-refractivity contribution in [1.82, 2.24) is 9.97 Å². The van der Waals surface area contributed by atoms with Crippen molar-refractivity contribution in [3.8, 4) is 11.8 Å². The Morgan fingerprint density at radius 2 is 2.15 bits per heavy atom. The van der Waals surface area contributed by atoms with Crippen LogP contribution in [0.5, 0.6) is 0 Å². The highest BCUT2D eigenvalue weighted by Crippen LogP contribution is 2.03. The predicted octanol–water partition coefficient (Wildman–Crippen LogP) is 1.07. The van der Waals surface area contributed by atoms with E-state index in [2.05, 4.69) is 37.7 Å². The lowest BCUT2D eigenvalue weighted by Crippen LogP contribution is -1.91. The van der Waals surface area contributed by atoms with Gasteiger partial charge in [-0.05, 0) is 21.9 Å². The summed E-state index contributed by atoms with van der Waals surface area (Å²) >= 11 is 3.17. The van der Waals surface area contributed by atoms with Crippen molar-refractivity contribution < 1.29 is 9.90 Å². The van der Waals surface area contributed by atoms with Gasteiger partial charge in [-0.3, -0.25) is 4.79 Å². The van der Waals surface area contributed by atoms with Crippen molar-refractivity contribution in [2.75, 3.05) is 0 Å². The number of carboxylic acid groups (broad SMARTS) is 1. The SMILES string of the molecule is O=C(O)CC#Cc1ncc(Br)cn1. The van der Waals surface area contributed by atoms with Gasteiger partial charge in [0.15, 0.2) is 0 Å². The second kappa shape index (κ2) is 4.58. The van der Waals surface area contributed by atoms with E-state index < -0.39 is 5.97 Å². The fourth-order valence-corrected chi connectivity index (χ4v) is 0.780. The first-order valence-electron chi connectivity index (χ1n) is 3.36. The van der Waals surface area contributed by atoms with E-state index in [-0.39, 0.29) is 6.42 Å². The molecule has 0 fully saturated rings. The maximum absolute atomic E-state index is 10.1. The van der Waals surface area contributed by atoms with E-state index in [1.165, 1.54) is 0 Å². The zero-order chi connectivity index (χ0) is 9.68. The van der Waals surface area contributed by atoms with Gasteiger partial charge in [0, 0.05) is 12.4 Å². The minimum Gasteiger partial charge on any atom is -0.481 e. The molecule has 0 aromatic carbocycles. The van der Waals surface area contributed by atoms with Crippen LogP contribution in [0, 0.1) is 11.8 Å². The summed E-state index contributed by atoms with van der Waals surface area (Å²) in [6.07, 6.45) is 2.91. The average molecular weight is 241 g/mol. The third kappa shape index (κ3) is 3.67. The third-order valence-corrected chi connectivity index (χ3v) is 1.47. The van der Waals surface area contributed by atoms with Crippen LogP contribution in [0.2, 0.25) is 0 Å². The van der Waals surface area contributed by atoms with E-state index in [0.717, 1.165) is 4.47 Å². The Bertz CT molecular complexity index is 364. The number of rotatable bonds is 1. The Balaban J connectivity index is 2.67. The van der Waals surface area contributed by atoms with Crippen LogP contribution in [-0.2, 0) is 4.79 Å². The van der Waals surface area contributed by atoms with E-state index in [0.29, 0.717) is 5.82 Å². The van der Waals surface area contributed by atoms with E-state index in [1.807, 2.05) is 0 Å². The van der Waals surface area contributed by atoms with Crippen LogP contribution in [0.25, 0.3) is 0 Å². The van der Waals surface area contributed by atoms with Gasteiger partial charge in [-0.15, -0.1) is 0 Å². The molecular weight excluding hydrogens is 236 g/mol. The topological polar surface area (TPSA) is 63.1 Å². The monoisotopic (exact) mass is 240 g/mol. The molecule has 1 rings (SSSR count). The van der Waals surface area contributed by atoms with Crippen LogP contribution >= 0.6 is 15.9 Å². The molecule has 0 saturated carbocycles. The molecule has 0 unspecified atom stereocenters. The zero-order valence-corrected chi connectivity index (χ0v) is 8.08. The summed E-state index contributed by atoms with van der Waals surface area (Å²) < 4.78 is 0.760. The highest BCUT2D eigenvalue weighted by Gasteiger charge is 1.91. The van der Waals surface area contributed by atoms with Crippen molar-refractivity contribution in [2.24, 2.45) is 0 Å². The number of halogens is 1. The van der Waals surface area contributed by atoms with Crippen molar-refractivity contribution >= 4 is 21.9 Å². The van der Waals surface area contributed by atoms with Gasteiger partial charge in [0.05, 0.1) is 4.47 Å². The third-order valence-electron chi connectivity index (χ3n) is 1.06. The Labute approximate surface area is 83.2 Å². The van der Waals surface area contributed by atoms with Gasteiger partial charge in [0.2, 0.25) is 5.82 Å². The van der Waals surface area contributed by atoms with E-state index in [9.17, 15) is 4.79 Å². The normalized spacial score (nSPS) is 8.69. The average Bonchev–Trinajstić information content (AvgIpc) is 2.08. The van der Waals surface area contributed by atoms with Gasteiger partial charge in [-0.25, -0.2) is 9.97 Å². The molecule has 0 radical (unpaired) electrons. The fraction of sp³-hybridized carbons (Fsp3) is 0.125. The molecule has 13 heavy (non-hydrogen) atoms. The van der Waals surface area contributed by atoms with Crippen molar-refractivity contribution in [1.29, 1.82) is 0 Å². The molecule has 1 heterocycles. The van der Waals surface area contributed by atoms with Crippen LogP contribution in [0.15, 0.2) is 16.9 Å². The number of carboxylic acids is 1. The summed E-state index contributed by atoms with van der Waals surface area (Å²) in [4.78, 5) is 17.8. The molecule has 0 aliphatic rings. The fourth-order valence-electron chi connectivity index (χ4n) is 0.576. The first-order valence-corrected chi connectivity index (χ1v) is 4.16. The van der Waals surface area contributed by atoms with E-state index in [1.54, 1.807) is 12.4 Å². The molecule has 1 N–H and O–H groups in total. The van der Waals surface area contributed by atoms with Gasteiger partial charge >= 0.3 is 5.97 Å². The van der Waals surface area contributed by atoms with Crippen molar-refractivity contribution in [3.05, 3.63) is 22.7 Å². The second-order valence-electron chi connectivity index (χ2n) is 2.10. The van der Waals surface area contributed by atoms with Crippen LogP contribution in [0.4, 0.5) is 0 Å². The smallest absolute Gasteiger partial charge is 0.315 e. The predicted molar refractivity (Wildman–Crippen MR) is 48.9 cm³/mol. The molecule has 0 aliphatic carbocycles. The summed E-state index contributed by atoms with van der Waals surface area (Å²) in [7, 11) is 0. The lowest BCUT2D eigenvalue weighted by atomic mass is 10.4. The molecule has 1 aromatic rings. The van der Waals surface area contributed by atoms with E-state index in [4.69, 9.17) is 5.11 Å². The highest BCUT2D eigenvalue weighted by atomic mass is 79.9. The van der Waals surface area contributed by atoms with Crippen LogP contribution in [-0.4, -0.2) is 21.0 Å². The number of aliphatic carboxylic acids is 1. The van der Waals surface area contributed by atoms with Crippen molar-refractivity contribution in [2.45, 2.75) is 6.42 Å². The first-order chi connectivity index (χ1) is 6.18. The zero-order valence-electron chi connectivity index (χ0n) is 6.49. The summed E-state index contributed by atoms with van der Waals surface area (Å²) in [5.41, 5.74) is 0. The molecule has 0 aliphatic heterocycles. The number of aromatic nitrogens is 2. The molecule has 0 bridgehead atoms. The van der Waals surface area contributed by atoms with Gasteiger partial charge in [-0.1, -0.05) is 5.92 Å². The minimum atomic E-state index is -0.954. The molecule has 0 saturated heterocycles. The van der Waals surface area contributed by atoms with Gasteiger partial charge in [0.1, 0.15) is 6.42 Å². The molecule has 0 amide bonds. The molecular formula is C8H5BrN2O2. The van der Waals surface area contributed by atoms with Gasteiger partial charge in [0.25, 0.3) is 0 Å². The summed E-state index contributed by atoms with van der Waals surface area (Å²) in [6.45, 7) is 0. The molecule has 5 heteroatoms. The van der Waals surface area contributed by atoms with Gasteiger partial charge < -0.3 is 5.11 Å². The Hall–Kier alpha value is -1.41. The molecule has 66 valence electrons. The number of nitrogens with zero attached hydrogens (tertiary/aromatic N) is 2. The standard InChI is InChI=1S/C8H5BrN2O2/c9-6-4-10-7(11-5-6)2-1-3-8(12)13/h4-5H,3H2,(H,12,13). The minimum absolute atomic E-state index is 0.195. The molecule has 0 atom stereocenters. The van der Waals surface area contributed by atoms with Crippen LogP contribution in [0.3, 0.4) is 0 Å². The Morgan fingerprint density at radius 3 is 2.69 bits per heavy atom. The number of hydrogen-bond acceptors (Lipinski definition) is 3. The second-order valence-corrected chi connectivity index (χ2v) is 3.01. The number of carbonyl (C=O) groups is 1. The largest absolute Gasteiger partial charge is 0.481 e. The lowest BCUT2D eigenvalue weighted by molar-refractivity contribution is -0.135. The summed E-state index contributed by atoms with van der Waals surface area (Å²) in [5, 5.41) is 8.28. The van der Waals surface area contributed by atoms with E-state index >= 15 is 0 Å². The Morgan fingerprint density at radius 1 is 1.54 bits per heavy atom. The highest BCUT2D eigenvalue weighted by molar-refractivity contribution is 9.10. The lowest BCUT2D eigenvalue weighted by Gasteiger charge is -1.87. The van der Waals surface area contributed by atoms with Crippen molar-refractivity contribution in [3.63, 3.8) is 0 Å².